The summed E-state index contributed by atoms with van der Waals surface area (Å²) in [5.74, 6) is -1.43. The maximum absolute atomic E-state index is 11.9. The number of rotatable bonds is 7. The van der Waals surface area contributed by atoms with Crippen molar-refractivity contribution in [1.29, 1.82) is 0 Å². The number of alkyl halides is 3. The fourth-order valence-electron chi connectivity index (χ4n) is 2.26. The number of aryl methyl sites for hydroxylation is 1. The number of halogens is 3. The van der Waals surface area contributed by atoms with Gasteiger partial charge in [-0.1, -0.05) is 12.1 Å². The second-order valence-electron chi connectivity index (χ2n) is 5.89. The number of H-pyrrole nitrogens is 1. The highest BCUT2D eigenvalue weighted by Crippen LogP contribution is 2.12. The Bertz CT molecular complexity index is 958. The number of hydrogen-bond donors (Lipinski definition) is 3. The zero-order valence-electron chi connectivity index (χ0n) is 15.0. The first-order chi connectivity index (χ1) is 13.6. The number of aromatic nitrogens is 2. The van der Waals surface area contributed by atoms with Crippen LogP contribution in [0.3, 0.4) is 0 Å². The molecule has 2 rings (SSSR count). The number of aromatic amines is 1. The zero-order valence-corrected chi connectivity index (χ0v) is 15.0. The Kier molecular flexibility index (Phi) is 7.28. The van der Waals surface area contributed by atoms with E-state index in [1.54, 1.807) is 29.6 Å². The lowest BCUT2D eigenvalue weighted by Gasteiger charge is -2.09. The fraction of sp³-hybridized carbons (Fsp3) is 0.353. The molecule has 29 heavy (non-hydrogen) atoms. The van der Waals surface area contributed by atoms with Gasteiger partial charge in [-0.15, -0.1) is 0 Å². The van der Waals surface area contributed by atoms with Gasteiger partial charge in [-0.25, -0.2) is 9.78 Å². The lowest BCUT2D eigenvalue weighted by molar-refractivity contribution is -0.148. The van der Waals surface area contributed by atoms with Crippen molar-refractivity contribution in [3.8, 4) is 0 Å². The van der Waals surface area contributed by atoms with E-state index in [0.717, 1.165) is 0 Å². The molecule has 0 saturated heterocycles. The minimum Gasteiger partial charge on any atom is -0.456 e. The van der Waals surface area contributed by atoms with E-state index in [-0.39, 0.29) is 24.8 Å². The third kappa shape index (κ3) is 7.60. The summed E-state index contributed by atoms with van der Waals surface area (Å²) in [6.07, 6.45) is -4.16. The number of esters is 1. The maximum atomic E-state index is 11.9. The highest BCUT2D eigenvalue weighted by molar-refractivity contribution is 5.95. The van der Waals surface area contributed by atoms with Gasteiger partial charge < -0.3 is 15.0 Å². The molecule has 0 bridgehead atoms. The predicted molar refractivity (Wildman–Crippen MR) is 93.9 cm³/mol. The summed E-state index contributed by atoms with van der Waals surface area (Å²) < 4.78 is 40.4. The number of nitrogens with one attached hydrogen (secondary N) is 3. The number of imide groups is 1. The molecule has 0 aliphatic heterocycles. The van der Waals surface area contributed by atoms with Crippen LogP contribution in [0.15, 0.2) is 29.1 Å². The lowest BCUT2D eigenvalue weighted by atomic mass is 10.2. The van der Waals surface area contributed by atoms with Gasteiger partial charge in [0.2, 0.25) is 0 Å². The van der Waals surface area contributed by atoms with Gasteiger partial charge in [-0.3, -0.25) is 19.7 Å². The molecule has 0 fully saturated rings. The third-order valence-corrected chi connectivity index (χ3v) is 3.52. The Morgan fingerprint density at radius 3 is 2.62 bits per heavy atom. The third-order valence-electron chi connectivity index (χ3n) is 3.52. The van der Waals surface area contributed by atoms with Crippen molar-refractivity contribution in [2.45, 2.75) is 25.4 Å². The van der Waals surface area contributed by atoms with Gasteiger partial charge >= 0.3 is 18.2 Å². The molecule has 12 heteroatoms. The highest BCUT2D eigenvalue weighted by atomic mass is 19.4. The number of urea groups is 1. The van der Waals surface area contributed by atoms with Crippen LogP contribution in [-0.2, 0) is 20.7 Å². The molecule has 156 valence electrons. The number of carbonyl (C=O) groups is 3. The average Bonchev–Trinajstić information content (AvgIpc) is 2.64. The molecule has 0 aliphatic carbocycles. The summed E-state index contributed by atoms with van der Waals surface area (Å²) in [7, 11) is 0. The van der Waals surface area contributed by atoms with Crippen LogP contribution in [0.1, 0.15) is 18.7 Å². The molecule has 0 aliphatic rings. The number of hydrogen-bond acceptors (Lipinski definition) is 6. The molecule has 1 aromatic heterocycles. The first-order valence-electron chi connectivity index (χ1n) is 8.42. The molecular formula is C17H17F3N4O5. The van der Waals surface area contributed by atoms with Crippen LogP contribution in [0.4, 0.5) is 18.0 Å². The quantitative estimate of drug-likeness (QED) is 0.584. The van der Waals surface area contributed by atoms with E-state index in [1.165, 1.54) is 5.32 Å². The van der Waals surface area contributed by atoms with Crippen molar-refractivity contribution in [1.82, 2.24) is 20.6 Å². The Balaban J connectivity index is 1.70. The Hall–Kier alpha value is -3.44. The number of nitrogens with zero attached hydrogens (tertiary/aromatic N) is 1. The van der Waals surface area contributed by atoms with Crippen molar-refractivity contribution in [3.63, 3.8) is 0 Å². The Morgan fingerprint density at radius 2 is 1.90 bits per heavy atom. The SMILES string of the molecule is O=C(COC(=O)CCCc1nc2ccccc2c(=O)[nH]1)NC(=O)NCC(F)(F)F. The smallest absolute Gasteiger partial charge is 0.405 e. The fourth-order valence-corrected chi connectivity index (χ4v) is 2.26. The van der Waals surface area contributed by atoms with Gasteiger partial charge in [0.05, 0.1) is 10.9 Å². The number of para-hydroxylation sites is 1. The van der Waals surface area contributed by atoms with Crippen LogP contribution in [-0.4, -0.2) is 47.2 Å². The van der Waals surface area contributed by atoms with E-state index in [0.29, 0.717) is 16.7 Å². The molecule has 0 saturated carbocycles. The van der Waals surface area contributed by atoms with E-state index >= 15 is 0 Å². The second kappa shape index (κ2) is 9.66. The first kappa shape index (κ1) is 21.9. The van der Waals surface area contributed by atoms with Gasteiger partial charge in [-0.2, -0.15) is 13.2 Å². The predicted octanol–water partition coefficient (Wildman–Crippen LogP) is 1.18. The summed E-state index contributed by atoms with van der Waals surface area (Å²) in [5.41, 5.74) is 0.225. The molecule has 1 aromatic carbocycles. The summed E-state index contributed by atoms with van der Waals surface area (Å²) in [6.45, 7) is -2.42. The van der Waals surface area contributed by atoms with E-state index in [1.807, 2.05) is 0 Å². The first-order valence-corrected chi connectivity index (χ1v) is 8.42. The van der Waals surface area contributed by atoms with Crippen LogP contribution in [0, 0.1) is 0 Å². The van der Waals surface area contributed by atoms with Crippen molar-refractivity contribution in [3.05, 3.63) is 40.4 Å². The standard InChI is InChI=1S/C17H17F3N4O5/c18-17(19,20)9-21-16(28)24-13(25)8-29-14(26)7-3-6-12-22-11-5-2-1-4-10(11)15(27)23-12/h1-2,4-5H,3,6-9H2,(H,22,23,27)(H2,21,24,25,28). The van der Waals surface area contributed by atoms with Gasteiger partial charge in [-0.05, 0) is 18.6 Å². The number of benzene rings is 1. The summed E-state index contributed by atoms with van der Waals surface area (Å²) in [4.78, 5) is 52.9. The second-order valence-corrected chi connectivity index (χ2v) is 5.89. The number of fused-ring (bicyclic) bond motifs is 1. The van der Waals surface area contributed by atoms with Crippen molar-refractivity contribution >= 4 is 28.8 Å². The van der Waals surface area contributed by atoms with Crippen LogP contribution < -0.4 is 16.2 Å². The molecular weight excluding hydrogens is 397 g/mol. The molecule has 2 aromatic rings. The minimum atomic E-state index is -4.61. The van der Waals surface area contributed by atoms with Crippen LogP contribution >= 0.6 is 0 Å². The van der Waals surface area contributed by atoms with Crippen molar-refractivity contribution < 1.29 is 32.3 Å². The molecule has 3 N–H and O–H groups in total. The monoisotopic (exact) mass is 414 g/mol. The van der Waals surface area contributed by atoms with Crippen LogP contribution in [0.5, 0.6) is 0 Å². The van der Waals surface area contributed by atoms with Crippen LogP contribution in [0.25, 0.3) is 10.9 Å². The highest BCUT2D eigenvalue weighted by Gasteiger charge is 2.28. The maximum Gasteiger partial charge on any atom is 0.405 e. The van der Waals surface area contributed by atoms with E-state index in [4.69, 9.17) is 0 Å². The van der Waals surface area contributed by atoms with Gasteiger partial charge in [0, 0.05) is 12.8 Å². The molecule has 0 radical (unpaired) electrons. The summed E-state index contributed by atoms with van der Waals surface area (Å²) in [5, 5.41) is 3.48. The van der Waals surface area contributed by atoms with Crippen molar-refractivity contribution in [2.24, 2.45) is 0 Å². The van der Waals surface area contributed by atoms with E-state index in [9.17, 15) is 32.3 Å². The van der Waals surface area contributed by atoms with E-state index < -0.39 is 37.2 Å². The zero-order chi connectivity index (χ0) is 21.4. The van der Waals surface area contributed by atoms with Gasteiger partial charge in [0.15, 0.2) is 6.61 Å². The molecule has 1 heterocycles. The molecule has 0 unspecified atom stereocenters. The van der Waals surface area contributed by atoms with E-state index in [2.05, 4.69) is 14.7 Å². The molecule has 0 atom stereocenters. The van der Waals surface area contributed by atoms with Gasteiger partial charge in [0.25, 0.3) is 11.5 Å². The molecule has 0 spiro atoms. The normalized spacial score (nSPS) is 11.1. The number of carbonyl (C=O) groups excluding carboxylic acids is 3. The topological polar surface area (TPSA) is 130 Å². The van der Waals surface area contributed by atoms with Crippen molar-refractivity contribution in [2.75, 3.05) is 13.2 Å². The Labute approximate surface area is 161 Å². The van der Waals surface area contributed by atoms with Crippen LogP contribution in [0.2, 0.25) is 0 Å². The largest absolute Gasteiger partial charge is 0.456 e. The number of amides is 3. The number of ether oxygens (including phenoxy) is 1. The molecule has 9 nitrogen and oxygen atoms in total. The minimum absolute atomic E-state index is 0.0932. The molecule has 3 amide bonds. The summed E-state index contributed by atoms with van der Waals surface area (Å²) >= 11 is 0. The van der Waals surface area contributed by atoms with Gasteiger partial charge in [0.1, 0.15) is 12.4 Å². The summed E-state index contributed by atoms with van der Waals surface area (Å²) in [6, 6.07) is 5.42. The Morgan fingerprint density at radius 1 is 1.17 bits per heavy atom. The average molecular weight is 414 g/mol. The lowest BCUT2D eigenvalue weighted by Crippen LogP contribution is -2.44.